The molecule has 1 aromatic heterocycles. The summed E-state index contributed by atoms with van der Waals surface area (Å²) in [5.74, 6) is 0. The number of quaternary nitrogens is 1. The van der Waals surface area contributed by atoms with E-state index in [1.807, 2.05) is 0 Å². The van der Waals surface area contributed by atoms with Crippen LogP contribution in [-0.2, 0) is 6.18 Å². The van der Waals surface area contributed by atoms with Crippen LogP contribution in [0.5, 0.6) is 0 Å². The molecular formula is C32H35F3N7O2+. The second-order valence-corrected chi connectivity index (χ2v) is 12.8. The van der Waals surface area contributed by atoms with Crippen molar-refractivity contribution >= 4 is 17.4 Å². The molecule has 44 heavy (non-hydrogen) atoms. The lowest BCUT2D eigenvalue weighted by Crippen LogP contribution is -2.60. The molecule has 1 saturated heterocycles. The van der Waals surface area contributed by atoms with Gasteiger partial charge >= 0.3 is 12.2 Å². The first-order valence-corrected chi connectivity index (χ1v) is 14.6. The number of nitrogens with zero attached hydrogens (tertiary/aromatic N) is 6. The van der Waals surface area contributed by atoms with Gasteiger partial charge in [-0.05, 0) is 73.7 Å². The van der Waals surface area contributed by atoms with Crippen LogP contribution in [0.4, 0.5) is 23.7 Å². The Kier molecular flexibility index (Phi) is 7.21. The minimum absolute atomic E-state index is 0.0731. The number of amides is 2. The van der Waals surface area contributed by atoms with Gasteiger partial charge in [-0.25, -0.2) is 14.4 Å². The van der Waals surface area contributed by atoms with Gasteiger partial charge < -0.3 is 14.9 Å². The minimum atomic E-state index is -4.58. The molecule has 0 radical (unpaired) electrons. The first kappa shape index (κ1) is 29.7. The zero-order valence-corrected chi connectivity index (χ0v) is 24.8. The van der Waals surface area contributed by atoms with Gasteiger partial charge in [-0.2, -0.15) is 23.5 Å². The van der Waals surface area contributed by atoms with Crippen LogP contribution >= 0.6 is 0 Å². The predicted molar refractivity (Wildman–Crippen MR) is 158 cm³/mol. The van der Waals surface area contributed by atoms with E-state index in [4.69, 9.17) is 0 Å². The summed E-state index contributed by atoms with van der Waals surface area (Å²) in [6, 6.07) is 14.5. The fourth-order valence-electron chi connectivity index (χ4n) is 6.79. The van der Waals surface area contributed by atoms with Crippen LogP contribution in [0.3, 0.4) is 0 Å². The van der Waals surface area contributed by atoms with Crippen LogP contribution in [-0.4, -0.2) is 69.9 Å². The van der Waals surface area contributed by atoms with Crippen LogP contribution in [0, 0.1) is 16.7 Å². The van der Waals surface area contributed by atoms with Crippen molar-refractivity contribution in [1.82, 2.24) is 20.0 Å². The van der Waals surface area contributed by atoms with Crippen molar-refractivity contribution in [2.45, 2.75) is 51.2 Å². The number of aliphatic hydroxyl groups excluding tert-OH is 1. The zero-order valence-electron chi connectivity index (χ0n) is 24.8. The Labute approximate surface area is 254 Å². The molecule has 1 aliphatic carbocycles. The molecule has 2 aromatic carbocycles. The number of allylic oxidation sites excluding steroid dienone is 1. The molecule has 2 fully saturated rings. The lowest BCUT2D eigenvalue weighted by molar-refractivity contribution is -0.898. The minimum Gasteiger partial charge on any atom is -0.356 e. The number of carbonyl (C=O) groups excluding carboxylic acids is 1. The van der Waals surface area contributed by atoms with Crippen molar-refractivity contribution in [3.8, 4) is 11.8 Å². The number of piperidine rings is 1. The topological polar surface area (TPSA) is 97.4 Å². The van der Waals surface area contributed by atoms with E-state index in [0.717, 1.165) is 55.4 Å². The number of halogens is 3. The van der Waals surface area contributed by atoms with Gasteiger partial charge in [-0.1, -0.05) is 6.07 Å². The van der Waals surface area contributed by atoms with E-state index in [0.29, 0.717) is 28.3 Å². The third-order valence-corrected chi connectivity index (χ3v) is 9.38. The van der Waals surface area contributed by atoms with Gasteiger partial charge in [-0.3, -0.25) is 4.90 Å². The molecule has 2 amide bonds. The molecule has 3 aromatic rings. The summed E-state index contributed by atoms with van der Waals surface area (Å²) in [5, 5.41) is 28.4. The quantitative estimate of drug-likeness (QED) is 0.394. The largest absolute Gasteiger partial charge is 0.416 e. The lowest BCUT2D eigenvalue weighted by atomic mass is 9.60. The molecule has 2 aliphatic heterocycles. The molecule has 1 unspecified atom stereocenters. The fourth-order valence-corrected chi connectivity index (χ4v) is 6.79. The van der Waals surface area contributed by atoms with E-state index in [9.17, 15) is 28.3 Å². The number of rotatable bonds is 4. The third-order valence-electron chi connectivity index (χ3n) is 9.38. The van der Waals surface area contributed by atoms with Crippen LogP contribution in [0.2, 0.25) is 0 Å². The molecule has 6 rings (SSSR count). The Morgan fingerprint density at radius 1 is 1.09 bits per heavy atom. The second-order valence-electron chi connectivity index (χ2n) is 12.8. The van der Waals surface area contributed by atoms with Gasteiger partial charge in [0.1, 0.15) is 0 Å². The number of nitriles is 1. The maximum Gasteiger partial charge on any atom is 0.416 e. The SMILES string of the molecule is CC1=C(c2ccnn2-c2ccc(C#N)cc2)N(C(=O)NC2CC3(CC[N+](C)(C)CC3)C2)C(O)N1c1cccc(C(F)(F)F)c1. The van der Waals surface area contributed by atoms with E-state index < -0.39 is 24.1 Å². The highest BCUT2D eigenvalue weighted by Gasteiger charge is 2.50. The second kappa shape index (κ2) is 10.7. The van der Waals surface area contributed by atoms with Crippen LogP contribution in [0.1, 0.15) is 49.4 Å². The number of urea groups is 1. The van der Waals surface area contributed by atoms with Gasteiger partial charge in [0.05, 0.1) is 67.7 Å². The molecule has 3 heterocycles. The number of carbonyl (C=O) groups is 1. The maximum absolute atomic E-state index is 14.0. The van der Waals surface area contributed by atoms with Crippen molar-refractivity contribution < 1.29 is 27.6 Å². The highest BCUT2D eigenvalue weighted by molar-refractivity contribution is 5.90. The van der Waals surface area contributed by atoms with Crippen molar-refractivity contribution in [2.75, 3.05) is 32.1 Å². The van der Waals surface area contributed by atoms with Crippen LogP contribution < -0.4 is 10.2 Å². The highest BCUT2D eigenvalue weighted by atomic mass is 19.4. The summed E-state index contributed by atoms with van der Waals surface area (Å²) >= 11 is 0. The first-order chi connectivity index (χ1) is 20.8. The molecular weight excluding hydrogens is 571 g/mol. The Hall–Kier alpha value is -4.34. The Morgan fingerprint density at radius 3 is 2.41 bits per heavy atom. The summed E-state index contributed by atoms with van der Waals surface area (Å²) < 4.78 is 43.5. The van der Waals surface area contributed by atoms with Gasteiger partial charge in [0, 0.05) is 30.3 Å². The summed E-state index contributed by atoms with van der Waals surface area (Å²) in [5.41, 5.74) is 1.64. The smallest absolute Gasteiger partial charge is 0.356 e. The normalized spacial score (nSPS) is 21.4. The number of nitrogens with one attached hydrogen (secondary N) is 1. The molecule has 3 aliphatic rings. The van der Waals surface area contributed by atoms with E-state index in [1.165, 1.54) is 21.9 Å². The first-order valence-electron chi connectivity index (χ1n) is 14.6. The molecule has 1 saturated carbocycles. The molecule has 230 valence electrons. The van der Waals surface area contributed by atoms with E-state index in [1.54, 1.807) is 48.1 Å². The average Bonchev–Trinajstić information content (AvgIpc) is 3.54. The van der Waals surface area contributed by atoms with E-state index in [2.05, 4.69) is 30.6 Å². The summed E-state index contributed by atoms with van der Waals surface area (Å²) in [6.45, 7) is 3.83. The fraction of sp³-hybridized carbons (Fsp3) is 0.406. The molecule has 2 N–H and O–H groups in total. The standard InChI is InChI=1S/C32H34F3N7O2/c1-21-28(27-11-14-37-41(27)25-9-7-22(20-36)8-10-25)40(30(44)39(21)26-6-4-5-23(17-26)32(33,34)35)29(43)38-24-18-31(19-24)12-15-42(2,3)16-13-31/h4-11,14,17,24,30,44H,12-13,15-16,18-19H2,1-3H3/p+1. The Morgan fingerprint density at radius 2 is 1.77 bits per heavy atom. The number of alkyl halides is 3. The van der Waals surface area contributed by atoms with E-state index >= 15 is 0 Å². The highest BCUT2D eigenvalue weighted by Crippen LogP contribution is 2.50. The van der Waals surface area contributed by atoms with Gasteiger partial charge in [0.25, 0.3) is 0 Å². The summed E-state index contributed by atoms with van der Waals surface area (Å²) in [4.78, 5) is 16.5. The van der Waals surface area contributed by atoms with Crippen molar-refractivity contribution in [3.63, 3.8) is 0 Å². The van der Waals surface area contributed by atoms with Gasteiger partial charge in [0.15, 0.2) is 0 Å². The maximum atomic E-state index is 14.0. The molecule has 12 heteroatoms. The number of likely N-dealkylation sites (tertiary alicyclic amines) is 1. The summed E-state index contributed by atoms with van der Waals surface area (Å²) in [7, 11) is 4.46. The van der Waals surface area contributed by atoms with Gasteiger partial charge in [0.2, 0.25) is 6.35 Å². The lowest BCUT2D eigenvalue weighted by Gasteiger charge is -2.53. The average molecular weight is 607 g/mol. The number of aromatic nitrogens is 2. The van der Waals surface area contributed by atoms with Crippen molar-refractivity contribution in [1.29, 1.82) is 5.26 Å². The molecule has 1 spiro atoms. The summed E-state index contributed by atoms with van der Waals surface area (Å²) in [6.07, 6.45) is -0.768. The zero-order chi connectivity index (χ0) is 31.4. The van der Waals surface area contributed by atoms with Crippen molar-refractivity contribution in [3.05, 3.63) is 83.3 Å². The molecule has 0 bridgehead atoms. The number of hydrogen-bond acceptors (Lipinski definition) is 5. The number of anilines is 1. The van der Waals surface area contributed by atoms with Gasteiger partial charge in [-0.15, -0.1) is 0 Å². The van der Waals surface area contributed by atoms with Crippen molar-refractivity contribution in [2.24, 2.45) is 5.41 Å². The number of aliphatic hydroxyl groups is 1. The third kappa shape index (κ3) is 5.31. The van der Waals surface area contributed by atoms with Crippen LogP contribution in [0.25, 0.3) is 11.4 Å². The molecule has 9 nitrogen and oxygen atoms in total. The molecule has 1 atom stereocenters. The van der Waals surface area contributed by atoms with E-state index in [-0.39, 0.29) is 17.1 Å². The van der Waals surface area contributed by atoms with Crippen LogP contribution in [0.15, 0.2) is 66.5 Å². The monoisotopic (exact) mass is 606 g/mol. The number of benzene rings is 2. The number of hydrogen-bond donors (Lipinski definition) is 2. The Bertz CT molecular complexity index is 1640. The Balaban J connectivity index is 1.34. The predicted octanol–water partition coefficient (Wildman–Crippen LogP) is 5.28.